The zero-order chi connectivity index (χ0) is 26.3. The molecule has 36 heavy (non-hydrogen) atoms. The van der Waals surface area contributed by atoms with Crippen molar-refractivity contribution in [1.82, 2.24) is 4.31 Å². The van der Waals surface area contributed by atoms with E-state index in [4.69, 9.17) is 4.74 Å². The van der Waals surface area contributed by atoms with Crippen molar-refractivity contribution in [3.8, 4) is 0 Å². The molecular weight excluding hydrogens is 474 g/mol. The highest BCUT2D eigenvalue weighted by Crippen LogP contribution is 2.59. The quantitative estimate of drug-likeness (QED) is 0.523. The summed E-state index contributed by atoms with van der Waals surface area (Å²) in [5.41, 5.74) is -0.538. The molecule has 2 aromatic rings. The fourth-order valence-corrected chi connectivity index (χ4v) is 7.28. The number of nitrogens with zero attached hydrogens (tertiary/aromatic N) is 1. The van der Waals surface area contributed by atoms with E-state index < -0.39 is 45.0 Å². The number of rotatable bonds is 5. The summed E-state index contributed by atoms with van der Waals surface area (Å²) < 4.78 is 35.8. The van der Waals surface area contributed by atoms with Crippen molar-refractivity contribution in [3.05, 3.63) is 90.0 Å². The van der Waals surface area contributed by atoms with Crippen LogP contribution in [0.2, 0.25) is 0 Å². The molecule has 1 aliphatic carbocycles. The lowest BCUT2D eigenvalue weighted by molar-refractivity contribution is -0.160. The first-order chi connectivity index (χ1) is 16.9. The van der Waals surface area contributed by atoms with E-state index in [1.165, 1.54) is 11.2 Å². The summed E-state index contributed by atoms with van der Waals surface area (Å²) in [7, 11) is -4.22. The average molecular weight is 508 g/mol. The molecule has 4 rings (SSSR count). The topological polar surface area (TPSA) is 80.8 Å². The van der Waals surface area contributed by atoms with Crippen LogP contribution in [-0.2, 0) is 24.3 Å². The monoisotopic (exact) mass is 507 g/mol. The van der Waals surface area contributed by atoms with Gasteiger partial charge in [-0.2, -0.15) is 4.31 Å². The van der Waals surface area contributed by atoms with Crippen molar-refractivity contribution in [3.63, 3.8) is 0 Å². The number of carbonyl (C=O) groups excluding carboxylic acids is 2. The van der Waals surface area contributed by atoms with Gasteiger partial charge in [0.2, 0.25) is 10.0 Å². The second-order valence-corrected chi connectivity index (χ2v) is 12.4. The largest absolute Gasteiger partial charge is 0.459 e. The molecule has 4 atom stereocenters. The molecule has 0 spiro atoms. The Kier molecular flexibility index (Phi) is 6.84. The van der Waals surface area contributed by atoms with E-state index in [2.05, 4.69) is 0 Å². The van der Waals surface area contributed by atoms with Crippen LogP contribution in [0.1, 0.15) is 51.3 Å². The number of sulfonamides is 1. The first kappa shape index (κ1) is 26.0. The second kappa shape index (κ2) is 9.45. The Bertz CT molecular complexity index is 1310. The van der Waals surface area contributed by atoms with Crippen molar-refractivity contribution >= 4 is 21.8 Å². The molecule has 1 aliphatic heterocycles. The number of carbonyl (C=O) groups is 2. The Hall–Kier alpha value is -3.03. The van der Waals surface area contributed by atoms with Crippen molar-refractivity contribution in [2.24, 2.45) is 11.3 Å². The summed E-state index contributed by atoms with van der Waals surface area (Å²) in [4.78, 5) is 27.5. The summed E-state index contributed by atoms with van der Waals surface area (Å²) >= 11 is 0. The highest BCUT2D eigenvalue weighted by atomic mass is 32.2. The van der Waals surface area contributed by atoms with Gasteiger partial charge in [0.05, 0.1) is 16.4 Å². The minimum atomic E-state index is -4.22. The predicted molar refractivity (Wildman–Crippen MR) is 139 cm³/mol. The van der Waals surface area contributed by atoms with Crippen LogP contribution in [0.3, 0.4) is 0 Å². The van der Waals surface area contributed by atoms with Crippen LogP contribution in [0.25, 0.3) is 0 Å². The summed E-state index contributed by atoms with van der Waals surface area (Å²) in [5.74, 6) is -1.50. The van der Waals surface area contributed by atoms with Gasteiger partial charge in [-0.25, -0.2) is 8.42 Å². The molecule has 0 N–H and O–H groups in total. The number of hydrogen-bond acceptors (Lipinski definition) is 5. The fourth-order valence-electron chi connectivity index (χ4n) is 5.45. The van der Waals surface area contributed by atoms with Crippen LogP contribution in [0, 0.1) is 18.3 Å². The van der Waals surface area contributed by atoms with Gasteiger partial charge in [-0.3, -0.25) is 9.59 Å². The number of fused-ring (bicyclic) bond motifs is 1. The van der Waals surface area contributed by atoms with Crippen LogP contribution in [0.4, 0.5) is 0 Å². The number of esters is 1. The van der Waals surface area contributed by atoms with E-state index in [-0.39, 0.29) is 10.7 Å². The molecule has 0 amide bonds. The van der Waals surface area contributed by atoms with Gasteiger partial charge in [0, 0.05) is 5.92 Å². The number of benzene rings is 2. The third-order valence-corrected chi connectivity index (χ3v) is 8.82. The average Bonchev–Trinajstić information content (AvgIpc) is 2.94. The van der Waals surface area contributed by atoms with Crippen molar-refractivity contribution in [2.75, 3.05) is 0 Å². The fraction of sp³-hybridized carbons (Fsp3) is 0.379. The van der Waals surface area contributed by atoms with Gasteiger partial charge in [0.25, 0.3) is 0 Å². The first-order valence-corrected chi connectivity index (χ1v) is 13.6. The Morgan fingerprint density at radius 2 is 1.64 bits per heavy atom. The van der Waals surface area contributed by atoms with Gasteiger partial charge >= 0.3 is 5.97 Å². The first-order valence-electron chi connectivity index (χ1n) is 12.1. The SMILES string of the molecule is CC(=O)[C@@]12C=CC=CC[C@@H]1[C@@H](C(=O)OC(C)(C)C)N(S(=O)(=O)c1ccc(C)cc1)[C@H]2c1ccccc1. The number of Topliss-reactive ketones (excluding diaryl/α,β-unsaturated/α-hetero) is 1. The van der Waals surface area contributed by atoms with Crippen LogP contribution in [0.5, 0.6) is 0 Å². The van der Waals surface area contributed by atoms with Gasteiger partial charge in [-0.1, -0.05) is 72.3 Å². The third kappa shape index (κ3) is 4.46. The maximum atomic E-state index is 14.4. The van der Waals surface area contributed by atoms with E-state index in [1.54, 1.807) is 57.2 Å². The van der Waals surface area contributed by atoms with Gasteiger partial charge in [-0.05, 0) is 58.7 Å². The lowest BCUT2D eigenvalue weighted by atomic mass is 9.66. The van der Waals surface area contributed by atoms with E-state index >= 15 is 0 Å². The smallest absolute Gasteiger partial charge is 0.325 e. The normalized spacial score (nSPS) is 26.3. The van der Waals surface area contributed by atoms with Gasteiger partial charge < -0.3 is 4.74 Å². The maximum absolute atomic E-state index is 14.4. The van der Waals surface area contributed by atoms with Crippen molar-refractivity contribution in [2.45, 2.75) is 63.6 Å². The Balaban J connectivity index is 2.04. The minimum Gasteiger partial charge on any atom is -0.459 e. The van der Waals surface area contributed by atoms with E-state index in [1.807, 2.05) is 49.4 Å². The zero-order valence-electron chi connectivity index (χ0n) is 21.3. The molecule has 0 unspecified atom stereocenters. The molecule has 1 heterocycles. The highest BCUT2D eigenvalue weighted by molar-refractivity contribution is 7.89. The van der Waals surface area contributed by atoms with Crippen LogP contribution in [0.15, 0.2) is 83.8 Å². The van der Waals surface area contributed by atoms with Crippen molar-refractivity contribution < 1.29 is 22.7 Å². The third-order valence-electron chi connectivity index (χ3n) is 6.95. The molecule has 0 radical (unpaired) electrons. The molecule has 0 bridgehead atoms. The summed E-state index contributed by atoms with van der Waals surface area (Å²) in [6.07, 6.45) is 7.64. The summed E-state index contributed by atoms with van der Waals surface area (Å²) in [6.45, 7) is 8.60. The number of hydrogen-bond donors (Lipinski definition) is 0. The summed E-state index contributed by atoms with van der Waals surface area (Å²) in [5, 5.41) is 0. The number of ketones is 1. The van der Waals surface area contributed by atoms with Gasteiger partial charge in [-0.15, -0.1) is 0 Å². The molecule has 0 saturated carbocycles. The Labute approximate surface area is 213 Å². The molecule has 0 aromatic heterocycles. The molecule has 6 nitrogen and oxygen atoms in total. The van der Waals surface area contributed by atoms with Crippen LogP contribution < -0.4 is 0 Å². The predicted octanol–water partition coefficient (Wildman–Crippen LogP) is 5.16. The lowest BCUT2D eigenvalue weighted by Gasteiger charge is -2.36. The standard InChI is InChI=1S/C29H33NO5S/c1-20-15-17-23(18-16-20)36(33,34)30-25(27(32)35-28(3,4)5)24-14-10-7-11-19-29(24,21(2)31)26(30)22-12-8-6-9-13-22/h6-13,15-19,24-26H,14H2,1-5H3/t24-,25+,26+,29+/m1/s1. The second-order valence-electron chi connectivity index (χ2n) is 10.6. The van der Waals surface area contributed by atoms with E-state index in [0.29, 0.717) is 12.0 Å². The highest BCUT2D eigenvalue weighted by Gasteiger charge is 2.66. The Morgan fingerprint density at radius 3 is 2.22 bits per heavy atom. The minimum absolute atomic E-state index is 0.0669. The molecule has 1 saturated heterocycles. The number of allylic oxidation sites excluding steroid dienone is 3. The molecular formula is C29H33NO5S. The van der Waals surface area contributed by atoms with Crippen molar-refractivity contribution in [1.29, 1.82) is 0 Å². The number of ether oxygens (including phenoxy) is 1. The Morgan fingerprint density at radius 1 is 1.00 bits per heavy atom. The maximum Gasteiger partial charge on any atom is 0.325 e. The van der Waals surface area contributed by atoms with E-state index in [0.717, 1.165) is 5.56 Å². The van der Waals surface area contributed by atoms with Gasteiger partial charge in [0.1, 0.15) is 17.4 Å². The van der Waals surface area contributed by atoms with E-state index in [9.17, 15) is 18.0 Å². The molecule has 1 fully saturated rings. The van der Waals surface area contributed by atoms with Crippen LogP contribution >= 0.6 is 0 Å². The molecule has 2 aromatic carbocycles. The zero-order valence-corrected chi connectivity index (χ0v) is 22.2. The lowest BCUT2D eigenvalue weighted by Crippen LogP contribution is -2.46. The molecule has 7 heteroatoms. The molecule has 2 aliphatic rings. The van der Waals surface area contributed by atoms with Gasteiger partial charge in [0.15, 0.2) is 0 Å². The van der Waals surface area contributed by atoms with Crippen LogP contribution in [-0.4, -0.2) is 36.1 Å². The molecule has 190 valence electrons. The summed E-state index contributed by atoms with van der Waals surface area (Å²) in [6, 6.07) is 13.5. The number of aryl methyl sites for hydroxylation is 1.